The second-order valence-electron chi connectivity index (χ2n) is 12.3. The number of phenols is 2. The van der Waals surface area contributed by atoms with Gasteiger partial charge < -0.3 is 30.0 Å². The van der Waals surface area contributed by atoms with E-state index in [1.54, 1.807) is 27.7 Å². The number of nitrogens with zero attached hydrogens (tertiary/aromatic N) is 2. The molecule has 1 radical (unpaired) electrons. The van der Waals surface area contributed by atoms with Crippen molar-refractivity contribution in [1.82, 2.24) is 0 Å². The second kappa shape index (κ2) is 16.7. The van der Waals surface area contributed by atoms with Crippen LogP contribution in [0.1, 0.15) is 112 Å². The normalized spacial score (nSPS) is 20.4. The number of hydrogen-bond acceptors (Lipinski definition) is 8. The zero-order valence-corrected chi connectivity index (χ0v) is 28.2. The molecular formula is C33H38CoF6N2O6. The molecule has 0 spiro atoms. The number of aliphatic carboxylic acids is 2. The van der Waals surface area contributed by atoms with Gasteiger partial charge in [-0.25, -0.2) is 0 Å². The van der Waals surface area contributed by atoms with Gasteiger partial charge in [0.25, 0.3) is 0 Å². The quantitative estimate of drug-likeness (QED) is 0.287. The van der Waals surface area contributed by atoms with E-state index < -0.39 is 47.0 Å². The first-order valence-corrected chi connectivity index (χ1v) is 14.8. The maximum atomic E-state index is 13.5. The molecule has 15 heteroatoms. The van der Waals surface area contributed by atoms with Gasteiger partial charge in [0.05, 0.1) is 22.7 Å². The minimum atomic E-state index is -4.60. The summed E-state index contributed by atoms with van der Waals surface area (Å²) in [5.74, 6) is -3.13. The van der Waals surface area contributed by atoms with Gasteiger partial charge >= 0.3 is 29.1 Å². The van der Waals surface area contributed by atoms with E-state index in [2.05, 4.69) is 9.98 Å². The number of carbonyl (C=O) groups is 2. The molecule has 2 aromatic rings. The molecule has 2 fully saturated rings. The first-order valence-electron chi connectivity index (χ1n) is 14.8. The van der Waals surface area contributed by atoms with Crippen molar-refractivity contribution in [3.8, 4) is 11.5 Å². The van der Waals surface area contributed by atoms with E-state index in [1.807, 2.05) is 0 Å². The molecule has 2 aliphatic rings. The molecule has 0 saturated heterocycles. The Morgan fingerprint density at radius 2 is 1.23 bits per heavy atom. The van der Waals surface area contributed by atoms with Crippen LogP contribution in [0.4, 0.5) is 26.3 Å². The van der Waals surface area contributed by atoms with Crippen molar-refractivity contribution in [2.45, 2.75) is 103 Å². The van der Waals surface area contributed by atoms with Gasteiger partial charge in [0.1, 0.15) is 11.5 Å². The van der Waals surface area contributed by atoms with Gasteiger partial charge in [-0.3, -0.25) is 9.98 Å². The number of aliphatic imine (C=N–C) groups is 2. The maximum Gasteiger partial charge on any atom is 2.00 e. The third kappa shape index (κ3) is 11.2. The minimum Gasteiger partial charge on any atom is -0.550 e. The fraction of sp³-hybridized carbons (Fsp3) is 0.515. The van der Waals surface area contributed by atoms with Crippen LogP contribution in [-0.2, 0) is 38.7 Å². The Bertz CT molecular complexity index is 1490. The van der Waals surface area contributed by atoms with Gasteiger partial charge in [0, 0.05) is 35.5 Å². The molecule has 0 heterocycles. The monoisotopic (exact) mass is 731 g/mol. The average Bonchev–Trinajstić information content (AvgIpc) is 3.48. The van der Waals surface area contributed by atoms with Crippen LogP contribution in [0.5, 0.6) is 11.5 Å². The summed E-state index contributed by atoms with van der Waals surface area (Å²) in [4.78, 5) is 27.0. The number of carboxylic acid groups (broad SMARTS) is 2. The maximum absolute atomic E-state index is 13.5. The van der Waals surface area contributed by atoms with Crippen molar-refractivity contribution in [2.24, 2.45) is 15.9 Å². The largest absolute Gasteiger partial charge is 2.00 e. The van der Waals surface area contributed by atoms with Crippen LogP contribution in [0.2, 0.25) is 0 Å². The smallest absolute Gasteiger partial charge is 0.550 e. The van der Waals surface area contributed by atoms with Crippen LogP contribution in [0, 0.1) is 5.92 Å². The van der Waals surface area contributed by atoms with Crippen LogP contribution in [-0.4, -0.2) is 46.2 Å². The summed E-state index contributed by atoms with van der Waals surface area (Å²) < 4.78 is 81.1. The molecule has 0 amide bonds. The summed E-state index contributed by atoms with van der Waals surface area (Å²) in [5.41, 5.74) is -2.28. The van der Waals surface area contributed by atoms with E-state index in [1.165, 1.54) is 12.4 Å². The standard InChI is InChI=1S/C29H32F6N2O2.2C2H4O2.Co/c1-15(2)22-10-20(28(30,31)32)8-18(25(22)38)13-36-24-7-17-5-6-27(24,12-17)37-14-19-9-21(29(33,34)35)11-23(16(3)4)26(19)39;2*1-2(3)4;/h8-11,13-17,24,38-39H,5-7,12H2,1-4H3;2*1H3,(H,3,4);/q;;;+2/p-2. The van der Waals surface area contributed by atoms with Crippen molar-refractivity contribution in [3.63, 3.8) is 0 Å². The van der Waals surface area contributed by atoms with E-state index >= 15 is 0 Å². The summed E-state index contributed by atoms with van der Waals surface area (Å²) in [5, 5.41) is 39.1. The molecular weight excluding hydrogens is 693 g/mol. The summed E-state index contributed by atoms with van der Waals surface area (Å²) in [7, 11) is 0. The number of hydrogen-bond donors (Lipinski definition) is 2. The number of halogens is 6. The second-order valence-corrected chi connectivity index (χ2v) is 12.3. The van der Waals surface area contributed by atoms with Crippen molar-refractivity contribution in [2.75, 3.05) is 0 Å². The topological polar surface area (TPSA) is 145 Å². The SMILES string of the molecule is CC(=O)[O-].CC(=O)[O-].CC(C)c1cc(C(F)(F)F)cc(C=NC2CC3CCC2(N=Cc2cc(C(F)(F)F)cc(C(C)C)c2O)C3)c1O.[Co+2]. The number of fused-ring (bicyclic) bond motifs is 2. The zero-order chi connectivity index (χ0) is 36.1. The van der Waals surface area contributed by atoms with E-state index in [0.717, 1.165) is 44.5 Å². The Kier molecular flexibility index (Phi) is 14.7. The summed E-state index contributed by atoms with van der Waals surface area (Å²) in [6, 6.07) is 3.18. The Hall–Kier alpha value is -3.59. The number of rotatable bonds is 6. The molecule has 8 nitrogen and oxygen atoms in total. The molecule has 4 rings (SSSR count). The fourth-order valence-corrected chi connectivity index (χ4v) is 5.73. The van der Waals surface area contributed by atoms with Crippen LogP contribution in [0.25, 0.3) is 0 Å². The Morgan fingerprint density at radius 3 is 1.58 bits per heavy atom. The van der Waals surface area contributed by atoms with Gasteiger partial charge in [-0.1, -0.05) is 27.7 Å². The summed E-state index contributed by atoms with van der Waals surface area (Å²) in [6.07, 6.45) is -3.97. The van der Waals surface area contributed by atoms with Crippen molar-refractivity contribution < 1.29 is 73.1 Å². The van der Waals surface area contributed by atoms with Gasteiger partial charge in [-0.2, -0.15) is 26.3 Å². The fourth-order valence-electron chi connectivity index (χ4n) is 5.73. The first-order chi connectivity index (χ1) is 21.5. The van der Waals surface area contributed by atoms with Crippen LogP contribution < -0.4 is 10.2 Å². The van der Waals surface area contributed by atoms with E-state index in [4.69, 9.17) is 19.8 Å². The van der Waals surface area contributed by atoms with E-state index in [0.29, 0.717) is 19.3 Å². The minimum absolute atomic E-state index is 0. The van der Waals surface area contributed by atoms with Gasteiger partial charge in [-0.05, 0) is 92.7 Å². The molecule has 48 heavy (non-hydrogen) atoms. The molecule has 2 saturated carbocycles. The first kappa shape index (κ1) is 42.4. The predicted octanol–water partition coefficient (Wildman–Crippen LogP) is 5.74. The molecule has 267 valence electrons. The Morgan fingerprint density at radius 1 is 0.833 bits per heavy atom. The average molecular weight is 732 g/mol. The third-order valence-corrected chi connectivity index (χ3v) is 7.90. The molecule has 0 aromatic heterocycles. The predicted molar refractivity (Wildman–Crippen MR) is 159 cm³/mol. The zero-order valence-electron chi connectivity index (χ0n) is 27.1. The summed E-state index contributed by atoms with van der Waals surface area (Å²) in [6.45, 7) is 8.69. The Balaban J connectivity index is 0.00000115. The number of carbonyl (C=O) groups excluding carboxylic acids is 2. The Labute approximate surface area is 285 Å². The van der Waals surface area contributed by atoms with E-state index in [-0.39, 0.29) is 68.3 Å². The van der Waals surface area contributed by atoms with Gasteiger partial charge in [0.15, 0.2) is 0 Å². The molecule has 2 N–H and O–H groups in total. The summed E-state index contributed by atoms with van der Waals surface area (Å²) >= 11 is 0. The van der Waals surface area contributed by atoms with Gasteiger partial charge in [0.2, 0.25) is 0 Å². The number of carboxylic acids is 2. The molecule has 2 aromatic carbocycles. The molecule has 3 unspecified atom stereocenters. The van der Waals surface area contributed by atoms with Crippen LogP contribution >= 0.6 is 0 Å². The van der Waals surface area contributed by atoms with Crippen molar-refractivity contribution >= 4 is 24.4 Å². The molecule has 0 aliphatic heterocycles. The molecule has 3 atom stereocenters. The van der Waals surface area contributed by atoms with Crippen LogP contribution in [0.3, 0.4) is 0 Å². The molecule has 2 bridgehead atoms. The van der Waals surface area contributed by atoms with Crippen molar-refractivity contribution in [3.05, 3.63) is 57.6 Å². The number of alkyl halides is 6. The van der Waals surface area contributed by atoms with Crippen molar-refractivity contribution in [1.29, 1.82) is 0 Å². The third-order valence-electron chi connectivity index (χ3n) is 7.90. The number of phenolic OH excluding ortho intramolecular Hbond substituents is 2. The van der Waals surface area contributed by atoms with Gasteiger partial charge in [-0.15, -0.1) is 0 Å². The molecule has 2 aliphatic carbocycles. The van der Waals surface area contributed by atoms with Crippen LogP contribution in [0.15, 0.2) is 34.3 Å². The number of aromatic hydroxyl groups is 2. The van der Waals surface area contributed by atoms with E-state index in [9.17, 15) is 36.6 Å². The number of benzene rings is 2.